The second-order valence-electron chi connectivity index (χ2n) is 4.34. The minimum Gasteiger partial charge on any atom is -0.493 e. The molecule has 0 saturated heterocycles. The van der Waals surface area contributed by atoms with Crippen LogP contribution in [0.3, 0.4) is 0 Å². The molecule has 1 aromatic heterocycles. The second kappa shape index (κ2) is 8.23. The highest BCUT2D eigenvalue weighted by atomic mass is 32.2. The number of amides is 1. The van der Waals surface area contributed by atoms with Crippen molar-refractivity contribution in [1.29, 1.82) is 0 Å². The summed E-state index contributed by atoms with van der Waals surface area (Å²) in [4.78, 5) is 16.0. The number of rotatable bonds is 7. The number of aromatic amines is 1. The van der Waals surface area contributed by atoms with E-state index in [1.807, 2.05) is 13.0 Å². The molecule has 0 aliphatic carbocycles. The summed E-state index contributed by atoms with van der Waals surface area (Å²) in [6, 6.07) is 5.39. The topological polar surface area (TPSA) is 89.1 Å². The smallest absolute Gasteiger partial charge is 0.250 e. The molecule has 0 radical (unpaired) electrons. The average Bonchev–Trinajstić information content (AvgIpc) is 3.00. The summed E-state index contributed by atoms with van der Waals surface area (Å²) >= 11 is 1.49. The lowest BCUT2D eigenvalue weighted by Gasteiger charge is -2.07. The average molecular weight is 334 g/mol. The predicted molar refractivity (Wildman–Crippen MR) is 90.0 cm³/mol. The summed E-state index contributed by atoms with van der Waals surface area (Å²) in [5.41, 5.74) is 0.817. The standard InChI is InChI=1S/C15H18N4O3S/c1-4-23-15-17-14(18-19-15)16-13(20)8-6-10-5-7-11(21-2)12(9-10)22-3/h5-9H,4H2,1-3H3,(H2,16,17,18,19,20)/b8-6+. The van der Waals surface area contributed by atoms with Crippen LogP contribution in [0.5, 0.6) is 11.5 Å². The van der Waals surface area contributed by atoms with Gasteiger partial charge in [-0.1, -0.05) is 24.8 Å². The van der Waals surface area contributed by atoms with Crippen LogP contribution in [0.25, 0.3) is 6.08 Å². The molecule has 0 unspecified atom stereocenters. The second-order valence-corrected chi connectivity index (χ2v) is 5.57. The highest BCUT2D eigenvalue weighted by Gasteiger charge is 2.06. The van der Waals surface area contributed by atoms with Crippen LogP contribution in [-0.2, 0) is 4.79 Å². The number of carbonyl (C=O) groups is 1. The Morgan fingerprint density at radius 3 is 2.83 bits per heavy atom. The highest BCUT2D eigenvalue weighted by Crippen LogP contribution is 2.27. The zero-order chi connectivity index (χ0) is 16.7. The van der Waals surface area contributed by atoms with E-state index in [2.05, 4.69) is 20.5 Å². The molecular weight excluding hydrogens is 316 g/mol. The molecule has 2 N–H and O–H groups in total. The maximum Gasteiger partial charge on any atom is 0.250 e. The third-order valence-electron chi connectivity index (χ3n) is 2.81. The summed E-state index contributed by atoms with van der Waals surface area (Å²) in [7, 11) is 3.14. The van der Waals surface area contributed by atoms with E-state index >= 15 is 0 Å². The van der Waals surface area contributed by atoms with Crippen LogP contribution in [0.4, 0.5) is 5.95 Å². The van der Waals surface area contributed by atoms with Gasteiger partial charge in [0, 0.05) is 6.08 Å². The van der Waals surface area contributed by atoms with E-state index in [-0.39, 0.29) is 5.91 Å². The Labute approximate surface area is 138 Å². The van der Waals surface area contributed by atoms with Gasteiger partial charge in [-0.3, -0.25) is 10.1 Å². The van der Waals surface area contributed by atoms with Crippen molar-refractivity contribution in [2.45, 2.75) is 12.1 Å². The first-order valence-electron chi connectivity index (χ1n) is 6.92. The molecule has 23 heavy (non-hydrogen) atoms. The number of nitrogens with one attached hydrogen (secondary N) is 2. The number of carbonyl (C=O) groups excluding carboxylic acids is 1. The number of anilines is 1. The van der Waals surface area contributed by atoms with E-state index in [1.165, 1.54) is 17.8 Å². The van der Waals surface area contributed by atoms with E-state index in [0.29, 0.717) is 22.6 Å². The van der Waals surface area contributed by atoms with Crippen molar-refractivity contribution < 1.29 is 14.3 Å². The minimum absolute atomic E-state index is 0.302. The lowest BCUT2D eigenvalue weighted by Crippen LogP contribution is -2.09. The first-order valence-corrected chi connectivity index (χ1v) is 7.91. The summed E-state index contributed by atoms with van der Waals surface area (Å²) in [6.45, 7) is 2.01. The molecule has 1 heterocycles. The molecule has 122 valence electrons. The Balaban J connectivity index is 2.00. The molecule has 2 aromatic rings. The van der Waals surface area contributed by atoms with Crippen molar-refractivity contribution in [3.05, 3.63) is 29.8 Å². The van der Waals surface area contributed by atoms with Crippen molar-refractivity contribution in [2.24, 2.45) is 0 Å². The molecule has 0 bridgehead atoms. The number of hydrogen-bond donors (Lipinski definition) is 2. The number of hydrogen-bond acceptors (Lipinski definition) is 6. The van der Waals surface area contributed by atoms with Gasteiger partial charge in [-0.2, -0.15) is 4.98 Å². The summed E-state index contributed by atoms with van der Waals surface area (Å²) < 4.78 is 10.4. The third kappa shape index (κ3) is 4.75. The van der Waals surface area contributed by atoms with Crippen LogP contribution in [0.15, 0.2) is 29.4 Å². The zero-order valence-corrected chi connectivity index (χ0v) is 13.9. The van der Waals surface area contributed by atoms with Crippen molar-refractivity contribution in [2.75, 3.05) is 25.3 Å². The Morgan fingerprint density at radius 1 is 1.35 bits per heavy atom. The maximum atomic E-state index is 11.9. The van der Waals surface area contributed by atoms with Crippen LogP contribution in [0, 0.1) is 0 Å². The van der Waals surface area contributed by atoms with Crippen LogP contribution < -0.4 is 14.8 Å². The quantitative estimate of drug-likeness (QED) is 0.597. The third-order valence-corrected chi connectivity index (χ3v) is 3.54. The normalized spacial score (nSPS) is 10.7. The fourth-order valence-electron chi connectivity index (χ4n) is 1.78. The van der Waals surface area contributed by atoms with E-state index in [9.17, 15) is 4.79 Å². The molecule has 0 aliphatic rings. The van der Waals surface area contributed by atoms with Gasteiger partial charge < -0.3 is 9.47 Å². The van der Waals surface area contributed by atoms with Crippen molar-refractivity contribution in [3.63, 3.8) is 0 Å². The molecule has 1 aromatic carbocycles. The summed E-state index contributed by atoms with van der Waals surface area (Å²) in [5, 5.41) is 9.87. The first-order chi connectivity index (χ1) is 11.2. The lowest BCUT2D eigenvalue weighted by molar-refractivity contribution is -0.111. The molecule has 0 saturated carbocycles. The summed E-state index contributed by atoms with van der Waals surface area (Å²) in [5.74, 6) is 2.12. The monoisotopic (exact) mass is 334 g/mol. The van der Waals surface area contributed by atoms with Crippen molar-refractivity contribution in [3.8, 4) is 11.5 Å². The van der Waals surface area contributed by atoms with Gasteiger partial charge in [0.25, 0.3) is 5.91 Å². The van der Waals surface area contributed by atoms with Gasteiger partial charge in [-0.15, -0.1) is 5.10 Å². The van der Waals surface area contributed by atoms with Crippen molar-refractivity contribution in [1.82, 2.24) is 15.2 Å². The number of methoxy groups -OCH3 is 2. The van der Waals surface area contributed by atoms with Crippen LogP contribution in [0.1, 0.15) is 12.5 Å². The molecule has 0 spiro atoms. The molecule has 8 heteroatoms. The molecule has 1 amide bonds. The van der Waals surface area contributed by atoms with Gasteiger partial charge in [0.15, 0.2) is 11.5 Å². The van der Waals surface area contributed by atoms with Gasteiger partial charge in [0.1, 0.15) is 0 Å². The largest absolute Gasteiger partial charge is 0.493 e. The lowest BCUT2D eigenvalue weighted by atomic mass is 10.2. The fraction of sp³-hybridized carbons (Fsp3) is 0.267. The number of aromatic nitrogens is 3. The highest BCUT2D eigenvalue weighted by molar-refractivity contribution is 7.99. The maximum absolute atomic E-state index is 11.9. The molecular formula is C15H18N4O3S. The number of ether oxygens (including phenoxy) is 2. The van der Waals surface area contributed by atoms with Crippen LogP contribution in [0.2, 0.25) is 0 Å². The first kappa shape index (κ1) is 16.9. The van der Waals surface area contributed by atoms with Crippen LogP contribution >= 0.6 is 11.8 Å². The molecule has 0 aliphatic heterocycles. The molecule has 7 nitrogen and oxygen atoms in total. The van der Waals surface area contributed by atoms with Gasteiger partial charge >= 0.3 is 0 Å². The van der Waals surface area contributed by atoms with E-state index < -0.39 is 0 Å². The summed E-state index contributed by atoms with van der Waals surface area (Å²) in [6.07, 6.45) is 3.09. The fourth-order valence-corrected chi connectivity index (χ4v) is 2.31. The van der Waals surface area contributed by atoms with Gasteiger partial charge in [-0.05, 0) is 29.5 Å². The van der Waals surface area contributed by atoms with E-state index in [1.54, 1.807) is 32.4 Å². The van der Waals surface area contributed by atoms with E-state index in [4.69, 9.17) is 9.47 Å². The SMILES string of the molecule is CCSc1n[nH]c(NC(=O)/C=C/c2ccc(OC)c(OC)c2)n1. The Hall–Kier alpha value is -2.48. The zero-order valence-electron chi connectivity index (χ0n) is 13.1. The molecule has 0 fully saturated rings. The minimum atomic E-state index is -0.302. The Kier molecular flexibility index (Phi) is 6.04. The number of benzene rings is 1. The number of nitrogens with zero attached hydrogens (tertiary/aromatic N) is 2. The molecule has 2 rings (SSSR count). The van der Waals surface area contributed by atoms with Gasteiger partial charge in [0.05, 0.1) is 14.2 Å². The van der Waals surface area contributed by atoms with Gasteiger partial charge in [-0.25, -0.2) is 5.10 Å². The Morgan fingerprint density at radius 2 is 2.13 bits per heavy atom. The number of thioether (sulfide) groups is 1. The Bertz CT molecular complexity index is 700. The van der Waals surface area contributed by atoms with E-state index in [0.717, 1.165) is 11.3 Å². The van der Waals surface area contributed by atoms with Crippen molar-refractivity contribution >= 4 is 29.7 Å². The molecule has 0 atom stereocenters. The predicted octanol–water partition coefficient (Wildman–Crippen LogP) is 2.59. The van der Waals surface area contributed by atoms with Crippen LogP contribution in [-0.4, -0.2) is 41.1 Å². The van der Waals surface area contributed by atoms with Gasteiger partial charge in [0.2, 0.25) is 11.1 Å². The number of H-pyrrole nitrogens is 1.